The molecule has 8 nitrogen and oxygen atoms in total. The van der Waals surface area contributed by atoms with Crippen molar-refractivity contribution in [2.75, 3.05) is 12.4 Å². The Kier molecular flexibility index (Phi) is 8.24. The number of para-hydroxylation sites is 1. The van der Waals surface area contributed by atoms with Crippen LogP contribution in [0.3, 0.4) is 0 Å². The van der Waals surface area contributed by atoms with Gasteiger partial charge in [-0.15, -0.1) is 0 Å². The standard InChI is InChI=1S/C24H19Cl2N3O5/c1-14(28-29-23(31)22(30)27-19-8-5-7-18(25)21(19)26)17-6-3-4-9-20(17)34-24(32)15-10-12-16(33-2)13-11-15/h3-13H,1-2H3,(H,27,30)(H,29,31)/b28-14+. The Morgan fingerprint density at radius 3 is 2.29 bits per heavy atom. The summed E-state index contributed by atoms with van der Waals surface area (Å²) in [5.74, 6) is -1.75. The summed E-state index contributed by atoms with van der Waals surface area (Å²) in [5, 5.41) is 6.65. The van der Waals surface area contributed by atoms with E-state index in [0.717, 1.165) is 0 Å². The number of hydrazone groups is 1. The maximum absolute atomic E-state index is 12.5. The third kappa shape index (κ3) is 6.12. The molecule has 0 bridgehead atoms. The van der Waals surface area contributed by atoms with Crippen LogP contribution in [0.4, 0.5) is 5.69 Å². The minimum absolute atomic E-state index is 0.109. The van der Waals surface area contributed by atoms with E-state index in [4.69, 9.17) is 32.7 Å². The topological polar surface area (TPSA) is 106 Å². The van der Waals surface area contributed by atoms with Gasteiger partial charge in [-0.05, 0) is 55.5 Å². The number of hydrogen-bond donors (Lipinski definition) is 2. The highest BCUT2D eigenvalue weighted by atomic mass is 35.5. The second-order valence-electron chi connectivity index (χ2n) is 6.81. The number of methoxy groups -OCH3 is 1. The van der Waals surface area contributed by atoms with E-state index in [2.05, 4.69) is 15.8 Å². The molecule has 3 rings (SSSR count). The number of hydrogen-bond acceptors (Lipinski definition) is 6. The quantitative estimate of drug-likeness (QED) is 0.168. The van der Waals surface area contributed by atoms with E-state index < -0.39 is 17.8 Å². The summed E-state index contributed by atoms with van der Waals surface area (Å²) < 4.78 is 10.6. The number of benzene rings is 3. The predicted octanol–water partition coefficient (Wildman–Crippen LogP) is 4.70. The van der Waals surface area contributed by atoms with Crippen LogP contribution < -0.4 is 20.2 Å². The third-order valence-electron chi connectivity index (χ3n) is 4.54. The van der Waals surface area contributed by atoms with Gasteiger partial charge in [0.2, 0.25) is 0 Å². The molecule has 10 heteroatoms. The van der Waals surface area contributed by atoms with Gasteiger partial charge in [0.1, 0.15) is 11.5 Å². The SMILES string of the molecule is COc1ccc(C(=O)Oc2ccccc2/C(C)=N/NC(=O)C(=O)Nc2cccc(Cl)c2Cl)cc1. The number of anilines is 1. The van der Waals surface area contributed by atoms with Gasteiger partial charge in [-0.25, -0.2) is 10.2 Å². The minimum Gasteiger partial charge on any atom is -0.497 e. The predicted molar refractivity (Wildman–Crippen MR) is 130 cm³/mol. The summed E-state index contributed by atoms with van der Waals surface area (Å²) in [6.07, 6.45) is 0. The second-order valence-corrected chi connectivity index (χ2v) is 7.59. The highest BCUT2D eigenvalue weighted by Crippen LogP contribution is 2.29. The zero-order valence-corrected chi connectivity index (χ0v) is 19.6. The Balaban J connectivity index is 1.69. The van der Waals surface area contributed by atoms with Gasteiger partial charge in [0.25, 0.3) is 0 Å². The molecule has 2 amide bonds. The fourth-order valence-corrected chi connectivity index (χ4v) is 3.11. The molecule has 0 aliphatic heterocycles. The number of ether oxygens (including phenoxy) is 2. The molecule has 0 saturated heterocycles. The molecule has 0 radical (unpaired) electrons. The van der Waals surface area contributed by atoms with Gasteiger partial charge in [0.15, 0.2) is 0 Å². The zero-order chi connectivity index (χ0) is 24.7. The lowest BCUT2D eigenvalue weighted by molar-refractivity contribution is -0.136. The number of rotatable bonds is 6. The number of halogens is 2. The van der Waals surface area contributed by atoms with Crippen molar-refractivity contribution in [3.8, 4) is 11.5 Å². The Bertz CT molecular complexity index is 1260. The summed E-state index contributed by atoms with van der Waals surface area (Å²) in [6.45, 7) is 1.59. The van der Waals surface area contributed by atoms with Crippen LogP contribution in [0.2, 0.25) is 10.0 Å². The normalized spacial score (nSPS) is 10.9. The number of nitrogens with zero attached hydrogens (tertiary/aromatic N) is 1. The molecular formula is C24H19Cl2N3O5. The first-order chi connectivity index (χ1) is 16.3. The lowest BCUT2D eigenvalue weighted by atomic mass is 10.1. The van der Waals surface area contributed by atoms with E-state index in [1.165, 1.54) is 13.2 Å². The molecule has 0 aliphatic rings. The zero-order valence-electron chi connectivity index (χ0n) is 18.1. The smallest absolute Gasteiger partial charge is 0.343 e. The van der Waals surface area contributed by atoms with Crippen molar-refractivity contribution in [1.29, 1.82) is 0 Å². The molecule has 0 unspecified atom stereocenters. The maximum Gasteiger partial charge on any atom is 0.343 e. The molecule has 0 atom stereocenters. The van der Waals surface area contributed by atoms with Gasteiger partial charge < -0.3 is 14.8 Å². The minimum atomic E-state index is -1.02. The van der Waals surface area contributed by atoms with Crippen molar-refractivity contribution < 1.29 is 23.9 Å². The number of esters is 1. The monoisotopic (exact) mass is 499 g/mol. The molecule has 3 aromatic carbocycles. The molecule has 0 aliphatic carbocycles. The van der Waals surface area contributed by atoms with Crippen LogP contribution in [0.15, 0.2) is 71.8 Å². The average Bonchev–Trinajstić information content (AvgIpc) is 2.85. The number of carbonyl (C=O) groups excluding carboxylic acids is 3. The van der Waals surface area contributed by atoms with Crippen LogP contribution in [-0.4, -0.2) is 30.6 Å². The van der Waals surface area contributed by atoms with Gasteiger partial charge in [-0.1, -0.05) is 41.4 Å². The first kappa shape index (κ1) is 24.8. The third-order valence-corrected chi connectivity index (χ3v) is 5.36. The molecular weight excluding hydrogens is 481 g/mol. The van der Waals surface area contributed by atoms with Crippen LogP contribution >= 0.6 is 23.2 Å². The van der Waals surface area contributed by atoms with Crippen molar-refractivity contribution in [2.24, 2.45) is 5.10 Å². The molecule has 2 N–H and O–H groups in total. The molecule has 0 saturated carbocycles. The summed E-state index contributed by atoms with van der Waals surface area (Å²) >= 11 is 11.9. The Morgan fingerprint density at radius 2 is 1.59 bits per heavy atom. The lowest BCUT2D eigenvalue weighted by Gasteiger charge is -2.11. The fraction of sp³-hybridized carbons (Fsp3) is 0.0833. The highest BCUT2D eigenvalue weighted by Gasteiger charge is 2.17. The van der Waals surface area contributed by atoms with Gasteiger partial charge in [0.05, 0.1) is 34.1 Å². The van der Waals surface area contributed by atoms with Gasteiger partial charge >= 0.3 is 17.8 Å². The van der Waals surface area contributed by atoms with E-state index >= 15 is 0 Å². The molecule has 0 spiro atoms. The van der Waals surface area contributed by atoms with Crippen LogP contribution in [0.25, 0.3) is 0 Å². The van der Waals surface area contributed by atoms with Gasteiger partial charge in [0, 0.05) is 5.56 Å². The molecule has 34 heavy (non-hydrogen) atoms. The summed E-state index contributed by atoms with van der Waals surface area (Å²) in [5.41, 5.74) is 3.43. The maximum atomic E-state index is 12.5. The second kappa shape index (κ2) is 11.3. The summed E-state index contributed by atoms with van der Waals surface area (Å²) in [4.78, 5) is 36.9. The van der Waals surface area contributed by atoms with E-state index in [1.54, 1.807) is 67.6 Å². The van der Waals surface area contributed by atoms with Crippen molar-refractivity contribution in [2.45, 2.75) is 6.92 Å². The Morgan fingerprint density at radius 1 is 0.882 bits per heavy atom. The van der Waals surface area contributed by atoms with Crippen LogP contribution in [0.5, 0.6) is 11.5 Å². The van der Waals surface area contributed by atoms with Crippen molar-refractivity contribution >= 4 is 52.4 Å². The van der Waals surface area contributed by atoms with Crippen LogP contribution in [0, 0.1) is 0 Å². The molecule has 0 heterocycles. The Labute approximate surface area is 205 Å². The molecule has 0 fully saturated rings. The highest BCUT2D eigenvalue weighted by molar-refractivity contribution is 6.45. The lowest BCUT2D eigenvalue weighted by Crippen LogP contribution is -2.33. The largest absolute Gasteiger partial charge is 0.497 e. The Hall–Kier alpha value is -3.88. The van der Waals surface area contributed by atoms with Crippen molar-refractivity contribution in [3.63, 3.8) is 0 Å². The number of amides is 2. The van der Waals surface area contributed by atoms with E-state index in [9.17, 15) is 14.4 Å². The summed E-state index contributed by atoms with van der Waals surface area (Å²) in [6, 6.07) is 17.7. The van der Waals surface area contributed by atoms with Crippen molar-refractivity contribution in [3.05, 3.63) is 87.9 Å². The van der Waals surface area contributed by atoms with E-state index in [0.29, 0.717) is 22.6 Å². The van der Waals surface area contributed by atoms with E-state index in [1.807, 2.05) is 0 Å². The van der Waals surface area contributed by atoms with E-state index in [-0.39, 0.29) is 21.5 Å². The number of carbonyl (C=O) groups is 3. The average molecular weight is 500 g/mol. The fourth-order valence-electron chi connectivity index (χ4n) is 2.77. The van der Waals surface area contributed by atoms with Crippen LogP contribution in [-0.2, 0) is 9.59 Å². The summed E-state index contributed by atoms with van der Waals surface area (Å²) in [7, 11) is 1.53. The first-order valence-electron chi connectivity index (χ1n) is 9.85. The number of nitrogens with one attached hydrogen (secondary N) is 2. The first-order valence-corrected chi connectivity index (χ1v) is 10.6. The van der Waals surface area contributed by atoms with Crippen molar-refractivity contribution in [1.82, 2.24) is 5.43 Å². The van der Waals surface area contributed by atoms with Gasteiger partial charge in [-0.2, -0.15) is 5.10 Å². The van der Waals surface area contributed by atoms with Crippen LogP contribution in [0.1, 0.15) is 22.8 Å². The van der Waals surface area contributed by atoms with Gasteiger partial charge in [-0.3, -0.25) is 9.59 Å². The molecule has 3 aromatic rings. The molecule has 0 aromatic heterocycles. The molecule has 174 valence electrons.